The van der Waals surface area contributed by atoms with E-state index in [1.165, 1.54) is 12.1 Å². The molecule has 110 valence electrons. The number of hydrogen-bond donors (Lipinski definition) is 1. The number of rotatable bonds is 5. The molecule has 0 unspecified atom stereocenters. The minimum atomic E-state index is -0.673. The molecular weight excluding hydrogens is 269 g/mol. The summed E-state index contributed by atoms with van der Waals surface area (Å²) in [5.41, 5.74) is 8.64. The van der Waals surface area contributed by atoms with E-state index in [0.717, 1.165) is 16.7 Å². The highest BCUT2D eigenvalue weighted by molar-refractivity contribution is 5.76. The largest absolute Gasteiger partial charge is 0.465 e. The summed E-state index contributed by atoms with van der Waals surface area (Å²) < 4.78 is 17.8. The second kappa shape index (κ2) is 6.99. The van der Waals surface area contributed by atoms with E-state index < -0.39 is 12.0 Å². The lowest BCUT2D eigenvalue weighted by atomic mass is 10.00. The Hall–Kier alpha value is -2.20. The molecule has 0 aliphatic rings. The molecule has 0 amide bonds. The molecular formula is C17H18FNO2. The van der Waals surface area contributed by atoms with Crippen molar-refractivity contribution in [3.05, 3.63) is 59.9 Å². The standard InChI is InChI=1S/C17H18FNO2/c1-2-21-17(20)16(19)11-12-4-3-5-14(10-12)13-6-8-15(18)9-7-13/h3-10,16H,2,11,19H2,1H3/t16-/m0/s1. The minimum Gasteiger partial charge on any atom is -0.465 e. The van der Waals surface area contributed by atoms with Crippen molar-refractivity contribution in [1.82, 2.24) is 0 Å². The van der Waals surface area contributed by atoms with Gasteiger partial charge in [-0.25, -0.2) is 4.39 Å². The first kappa shape index (κ1) is 15.2. The molecule has 4 heteroatoms. The van der Waals surface area contributed by atoms with Crippen molar-refractivity contribution in [3.8, 4) is 11.1 Å². The smallest absolute Gasteiger partial charge is 0.323 e. The van der Waals surface area contributed by atoms with Gasteiger partial charge in [-0.2, -0.15) is 0 Å². The third-order valence-electron chi connectivity index (χ3n) is 3.15. The number of carbonyl (C=O) groups is 1. The quantitative estimate of drug-likeness (QED) is 0.860. The van der Waals surface area contributed by atoms with E-state index in [1.807, 2.05) is 24.3 Å². The van der Waals surface area contributed by atoms with Gasteiger partial charge in [-0.05, 0) is 42.2 Å². The molecule has 21 heavy (non-hydrogen) atoms. The Kier molecular flexibility index (Phi) is 5.06. The maximum atomic E-state index is 12.9. The molecule has 2 aromatic carbocycles. The fraction of sp³-hybridized carbons (Fsp3) is 0.235. The van der Waals surface area contributed by atoms with Gasteiger partial charge in [0.05, 0.1) is 6.61 Å². The van der Waals surface area contributed by atoms with E-state index in [9.17, 15) is 9.18 Å². The van der Waals surface area contributed by atoms with Crippen LogP contribution in [0.15, 0.2) is 48.5 Å². The van der Waals surface area contributed by atoms with Crippen LogP contribution in [0.25, 0.3) is 11.1 Å². The molecule has 0 aliphatic heterocycles. The molecule has 0 heterocycles. The maximum Gasteiger partial charge on any atom is 0.323 e. The van der Waals surface area contributed by atoms with E-state index in [1.54, 1.807) is 19.1 Å². The van der Waals surface area contributed by atoms with Crippen LogP contribution in [0.4, 0.5) is 4.39 Å². The van der Waals surface area contributed by atoms with Gasteiger partial charge in [-0.15, -0.1) is 0 Å². The van der Waals surface area contributed by atoms with Gasteiger partial charge in [0.1, 0.15) is 11.9 Å². The molecule has 0 spiro atoms. The third-order valence-corrected chi connectivity index (χ3v) is 3.15. The summed E-state index contributed by atoms with van der Waals surface area (Å²) in [4.78, 5) is 11.6. The highest BCUT2D eigenvalue weighted by atomic mass is 19.1. The van der Waals surface area contributed by atoms with Crippen molar-refractivity contribution in [1.29, 1.82) is 0 Å². The molecule has 2 rings (SSSR count). The van der Waals surface area contributed by atoms with Crippen molar-refractivity contribution in [2.45, 2.75) is 19.4 Å². The fourth-order valence-corrected chi connectivity index (χ4v) is 2.11. The average molecular weight is 287 g/mol. The number of nitrogens with two attached hydrogens (primary N) is 1. The molecule has 3 nitrogen and oxygen atoms in total. The van der Waals surface area contributed by atoms with Gasteiger partial charge in [0, 0.05) is 0 Å². The third kappa shape index (κ3) is 4.13. The summed E-state index contributed by atoms with van der Waals surface area (Å²) in [6, 6.07) is 13.3. The fourth-order valence-electron chi connectivity index (χ4n) is 2.11. The number of halogens is 1. The zero-order valence-electron chi connectivity index (χ0n) is 11.9. The first-order valence-electron chi connectivity index (χ1n) is 6.87. The van der Waals surface area contributed by atoms with Gasteiger partial charge in [-0.1, -0.05) is 36.4 Å². The Bertz CT molecular complexity index is 610. The SMILES string of the molecule is CCOC(=O)[C@@H](N)Cc1cccc(-c2ccc(F)cc2)c1. The summed E-state index contributed by atoms with van der Waals surface area (Å²) in [5.74, 6) is -0.663. The number of hydrogen-bond acceptors (Lipinski definition) is 3. The van der Waals surface area contributed by atoms with Crippen molar-refractivity contribution in [3.63, 3.8) is 0 Å². The van der Waals surface area contributed by atoms with Crippen molar-refractivity contribution in [2.24, 2.45) is 5.73 Å². The van der Waals surface area contributed by atoms with Crippen LogP contribution < -0.4 is 5.73 Å². The van der Waals surface area contributed by atoms with Crippen LogP contribution in [-0.4, -0.2) is 18.6 Å². The number of esters is 1. The predicted octanol–water partition coefficient (Wildman–Crippen LogP) is 2.93. The predicted molar refractivity (Wildman–Crippen MR) is 80.1 cm³/mol. The first-order chi connectivity index (χ1) is 10.1. The molecule has 1 atom stereocenters. The van der Waals surface area contributed by atoms with E-state index in [-0.39, 0.29) is 5.82 Å². The first-order valence-corrected chi connectivity index (χ1v) is 6.87. The topological polar surface area (TPSA) is 52.3 Å². The van der Waals surface area contributed by atoms with E-state index in [4.69, 9.17) is 10.5 Å². The zero-order valence-corrected chi connectivity index (χ0v) is 11.9. The van der Waals surface area contributed by atoms with E-state index in [0.29, 0.717) is 13.0 Å². The van der Waals surface area contributed by atoms with Crippen LogP contribution in [0, 0.1) is 5.82 Å². The zero-order chi connectivity index (χ0) is 15.2. The van der Waals surface area contributed by atoms with Crippen LogP contribution in [0.1, 0.15) is 12.5 Å². The molecule has 0 aromatic heterocycles. The lowest BCUT2D eigenvalue weighted by Crippen LogP contribution is -2.34. The van der Waals surface area contributed by atoms with Gasteiger partial charge >= 0.3 is 5.97 Å². The van der Waals surface area contributed by atoms with Gasteiger partial charge in [-0.3, -0.25) is 4.79 Å². The van der Waals surface area contributed by atoms with E-state index in [2.05, 4.69) is 0 Å². The van der Waals surface area contributed by atoms with Crippen LogP contribution in [0.5, 0.6) is 0 Å². The van der Waals surface area contributed by atoms with Crippen molar-refractivity contribution >= 4 is 5.97 Å². The lowest BCUT2D eigenvalue weighted by Gasteiger charge is -2.11. The molecule has 0 fully saturated rings. The average Bonchev–Trinajstić information content (AvgIpc) is 2.48. The molecule has 0 saturated heterocycles. The maximum absolute atomic E-state index is 12.9. The van der Waals surface area contributed by atoms with E-state index >= 15 is 0 Å². The molecule has 0 bridgehead atoms. The second-order valence-corrected chi connectivity index (χ2v) is 4.77. The van der Waals surface area contributed by atoms with Crippen LogP contribution in [0.2, 0.25) is 0 Å². The molecule has 2 N–H and O–H groups in total. The van der Waals surface area contributed by atoms with Crippen molar-refractivity contribution < 1.29 is 13.9 Å². The number of carbonyl (C=O) groups excluding carboxylic acids is 1. The summed E-state index contributed by atoms with van der Waals surface area (Å²) in [7, 11) is 0. The Morgan fingerprint density at radius 2 is 1.90 bits per heavy atom. The van der Waals surface area contributed by atoms with Gasteiger partial charge in [0.25, 0.3) is 0 Å². The Morgan fingerprint density at radius 1 is 1.19 bits per heavy atom. The summed E-state index contributed by atoms with van der Waals surface area (Å²) >= 11 is 0. The van der Waals surface area contributed by atoms with Gasteiger partial charge in [0.2, 0.25) is 0 Å². The normalized spacial score (nSPS) is 12.0. The lowest BCUT2D eigenvalue weighted by molar-refractivity contribution is -0.144. The summed E-state index contributed by atoms with van der Waals surface area (Å²) in [5, 5.41) is 0. The minimum absolute atomic E-state index is 0.265. The highest BCUT2D eigenvalue weighted by Gasteiger charge is 2.15. The highest BCUT2D eigenvalue weighted by Crippen LogP contribution is 2.21. The Morgan fingerprint density at radius 3 is 2.57 bits per heavy atom. The van der Waals surface area contributed by atoms with Gasteiger partial charge < -0.3 is 10.5 Å². The molecule has 0 saturated carbocycles. The summed E-state index contributed by atoms with van der Waals surface area (Å²) in [6.45, 7) is 2.07. The summed E-state index contributed by atoms with van der Waals surface area (Å²) in [6.07, 6.45) is 0.411. The molecule has 0 aliphatic carbocycles. The Labute approximate surface area is 123 Å². The van der Waals surface area contributed by atoms with Crippen LogP contribution >= 0.6 is 0 Å². The van der Waals surface area contributed by atoms with Crippen LogP contribution in [-0.2, 0) is 16.0 Å². The molecule has 2 aromatic rings. The Balaban J connectivity index is 2.14. The van der Waals surface area contributed by atoms with Crippen molar-refractivity contribution in [2.75, 3.05) is 6.61 Å². The van der Waals surface area contributed by atoms with Crippen LogP contribution in [0.3, 0.4) is 0 Å². The second-order valence-electron chi connectivity index (χ2n) is 4.77. The van der Waals surface area contributed by atoms with Gasteiger partial charge in [0.15, 0.2) is 0 Å². The number of benzene rings is 2. The number of ether oxygens (including phenoxy) is 1. The molecule has 0 radical (unpaired) electrons. The monoisotopic (exact) mass is 287 g/mol.